The highest BCUT2D eigenvalue weighted by Crippen LogP contribution is 2.34. The van der Waals surface area contributed by atoms with Crippen LogP contribution in [0.25, 0.3) is 0 Å². The first-order valence-corrected chi connectivity index (χ1v) is 6.78. The summed E-state index contributed by atoms with van der Waals surface area (Å²) in [6.07, 6.45) is 8.91. The number of hydrogen-bond donors (Lipinski definition) is 1. The first-order chi connectivity index (χ1) is 8.86. The summed E-state index contributed by atoms with van der Waals surface area (Å²) in [6.45, 7) is 3.20. The van der Waals surface area contributed by atoms with Crippen molar-refractivity contribution >= 4 is 0 Å². The molecule has 0 spiro atoms. The fourth-order valence-corrected chi connectivity index (χ4v) is 2.48. The van der Waals surface area contributed by atoms with E-state index in [4.69, 9.17) is 4.74 Å². The zero-order chi connectivity index (χ0) is 12.8. The van der Waals surface area contributed by atoms with E-state index in [2.05, 4.69) is 29.4 Å². The molecule has 0 saturated carbocycles. The molecule has 0 radical (unpaired) electrons. The molecule has 1 N–H and O–H groups in total. The van der Waals surface area contributed by atoms with E-state index in [0.29, 0.717) is 0 Å². The lowest BCUT2D eigenvalue weighted by Crippen LogP contribution is -2.24. The van der Waals surface area contributed by atoms with Gasteiger partial charge in [0.05, 0.1) is 13.2 Å². The summed E-state index contributed by atoms with van der Waals surface area (Å²) in [7, 11) is 1.69. The van der Waals surface area contributed by atoms with Crippen molar-refractivity contribution in [3.63, 3.8) is 0 Å². The van der Waals surface area contributed by atoms with Gasteiger partial charge >= 0.3 is 0 Å². The van der Waals surface area contributed by atoms with Crippen molar-refractivity contribution in [2.45, 2.75) is 38.6 Å². The summed E-state index contributed by atoms with van der Waals surface area (Å²) in [5.74, 6) is 0.735. The van der Waals surface area contributed by atoms with Crippen LogP contribution in [0.15, 0.2) is 30.0 Å². The minimum atomic E-state index is 0.260. The smallest absolute Gasteiger partial charge is 0.218 e. The van der Waals surface area contributed by atoms with Crippen LogP contribution in [-0.4, -0.2) is 18.6 Å². The maximum atomic E-state index is 5.39. The quantitative estimate of drug-likeness (QED) is 0.782. The van der Waals surface area contributed by atoms with Crippen LogP contribution in [0.5, 0.6) is 5.88 Å². The fourth-order valence-electron chi connectivity index (χ4n) is 2.48. The molecule has 0 fully saturated rings. The molecule has 2 rings (SSSR count). The normalized spacial score (nSPS) is 16.4. The molecule has 98 valence electrons. The molecule has 0 amide bonds. The minimum Gasteiger partial charge on any atom is -0.481 e. The van der Waals surface area contributed by atoms with Crippen LogP contribution in [-0.2, 0) is 0 Å². The average molecular weight is 246 g/mol. The van der Waals surface area contributed by atoms with Crippen molar-refractivity contribution < 1.29 is 4.74 Å². The minimum absolute atomic E-state index is 0.260. The monoisotopic (exact) mass is 246 g/mol. The van der Waals surface area contributed by atoms with Gasteiger partial charge in [-0.25, -0.2) is 4.98 Å². The Labute approximate surface area is 109 Å². The van der Waals surface area contributed by atoms with Gasteiger partial charge in [-0.1, -0.05) is 24.6 Å². The van der Waals surface area contributed by atoms with Crippen LogP contribution in [0.4, 0.5) is 0 Å². The maximum absolute atomic E-state index is 5.39. The van der Waals surface area contributed by atoms with Gasteiger partial charge in [-0.15, -0.1) is 0 Å². The number of ether oxygens (including phenoxy) is 1. The zero-order valence-corrected chi connectivity index (χ0v) is 11.3. The van der Waals surface area contributed by atoms with Gasteiger partial charge in [-0.2, -0.15) is 0 Å². The van der Waals surface area contributed by atoms with Gasteiger partial charge in [0.15, 0.2) is 0 Å². The molecule has 18 heavy (non-hydrogen) atoms. The Morgan fingerprint density at radius 1 is 1.50 bits per heavy atom. The number of hydrogen-bond acceptors (Lipinski definition) is 3. The van der Waals surface area contributed by atoms with Crippen LogP contribution in [0.3, 0.4) is 0 Å². The number of nitrogens with zero attached hydrogens (tertiary/aromatic N) is 1. The standard InChI is InChI=1S/C15H22N2O/c1-3-10-16-14(12-7-4-5-8-12)13-9-6-11-17-15(13)18-2/h6-7,9,11,14,16H,3-5,8,10H2,1-2H3. The van der Waals surface area contributed by atoms with Gasteiger partial charge in [-0.05, 0) is 38.3 Å². The van der Waals surface area contributed by atoms with E-state index >= 15 is 0 Å². The molecule has 0 saturated heterocycles. The van der Waals surface area contributed by atoms with Crippen LogP contribution in [0.1, 0.15) is 44.2 Å². The van der Waals surface area contributed by atoms with Gasteiger partial charge in [0.2, 0.25) is 5.88 Å². The van der Waals surface area contributed by atoms with E-state index in [1.165, 1.54) is 24.8 Å². The molecule has 1 atom stereocenters. The van der Waals surface area contributed by atoms with E-state index in [0.717, 1.165) is 24.4 Å². The van der Waals surface area contributed by atoms with Crippen molar-refractivity contribution in [1.29, 1.82) is 0 Å². The predicted molar refractivity (Wildman–Crippen MR) is 73.8 cm³/mol. The third-order valence-electron chi connectivity index (χ3n) is 3.35. The summed E-state index contributed by atoms with van der Waals surface area (Å²) in [4.78, 5) is 4.31. The Bertz CT molecular complexity index is 415. The maximum Gasteiger partial charge on any atom is 0.218 e. The number of pyridine rings is 1. The van der Waals surface area contributed by atoms with Crippen molar-refractivity contribution in [3.8, 4) is 5.88 Å². The van der Waals surface area contributed by atoms with Crippen molar-refractivity contribution in [2.75, 3.05) is 13.7 Å². The topological polar surface area (TPSA) is 34.2 Å². The molecule has 1 unspecified atom stereocenters. The highest BCUT2D eigenvalue weighted by molar-refractivity contribution is 5.36. The number of nitrogens with one attached hydrogen (secondary N) is 1. The lowest BCUT2D eigenvalue weighted by molar-refractivity contribution is 0.386. The van der Waals surface area contributed by atoms with Gasteiger partial charge in [0.25, 0.3) is 0 Å². The molecule has 1 aliphatic rings. The average Bonchev–Trinajstić information content (AvgIpc) is 2.94. The number of aromatic nitrogens is 1. The Balaban J connectivity index is 2.26. The summed E-state index contributed by atoms with van der Waals surface area (Å²) < 4.78 is 5.39. The summed E-state index contributed by atoms with van der Waals surface area (Å²) in [6, 6.07) is 4.35. The molecule has 1 aliphatic carbocycles. The first-order valence-electron chi connectivity index (χ1n) is 6.78. The molecule has 1 aromatic rings. The Morgan fingerprint density at radius 3 is 3.06 bits per heavy atom. The lowest BCUT2D eigenvalue weighted by atomic mass is 9.99. The second-order valence-electron chi connectivity index (χ2n) is 4.66. The molecular formula is C15H22N2O. The largest absolute Gasteiger partial charge is 0.481 e. The first kappa shape index (κ1) is 13.1. The number of methoxy groups -OCH3 is 1. The molecule has 3 heteroatoms. The third-order valence-corrected chi connectivity index (χ3v) is 3.35. The molecule has 1 heterocycles. The zero-order valence-electron chi connectivity index (χ0n) is 11.3. The van der Waals surface area contributed by atoms with Crippen molar-refractivity contribution in [3.05, 3.63) is 35.5 Å². The van der Waals surface area contributed by atoms with Crippen LogP contribution in [0, 0.1) is 0 Å². The van der Waals surface area contributed by atoms with E-state index in [-0.39, 0.29) is 6.04 Å². The van der Waals surface area contributed by atoms with E-state index in [1.54, 1.807) is 13.3 Å². The van der Waals surface area contributed by atoms with E-state index in [9.17, 15) is 0 Å². The van der Waals surface area contributed by atoms with Crippen LogP contribution >= 0.6 is 0 Å². The second kappa shape index (κ2) is 6.55. The molecule has 1 aromatic heterocycles. The number of rotatable bonds is 6. The molecule has 3 nitrogen and oxygen atoms in total. The molecule has 0 bridgehead atoms. The second-order valence-corrected chi connectivity index (χ2v) is 4.66. The molecular weight excluding hydrogens is 224 g/mol. The predicted octanol–water partition coefficient (Wildman–Crippen LogP) is 3.24. The van der Waals surface area contributed by atoms with Crippen LogP contribution in [0.2, 0.25) is 0 Å². The highest BCUT2D eigenvalue weighted by Gasteiger charge is 2.21. The van der Waals surface area contributed by atoms with E-state index < -0.39 is 0 Å². The lowest BCUT2D eigenvalue weighted by Gasteiger charge is -2.22. The Kier molecular flexibility index (Phi) is 4.76. The summed E-state index contributed by atoms with van der Waals surface area (Å²) in [5, 5.41) is 3.61. The van der Waals surface area contributed by atoms with Gasteiger partial charge in [0, 0.05) is 11.8 Å². The van der Waals surface area contributed by atoms with Crippen molar-refractivity contribution in [1.82, 2.24) is 10.3 Å². The highest BCUT2D eigenvalue weighted by atomic mass is 16.5. The van der Waals surface area contributed by atoms with E-state index in [1.807, 2.05) is 6.07 Å². The Morgan fingerprint density at radius 2 is 2.39 bits per heavy atom. The third kappa shape index (κ3) is 2.91. The Hall–Kier alpha value is -1.35. The fraction of sp³-hybridized carbons (Fsp3) is 0.533. The van der Waals surface area contributed by atoms with Gasteiger partial charge in [0.1, 0.15) is 0 Å². The van der Waals surface area contributed by atoms with Crippen molar-refractivity contribution in [2.24, 2.45) is 0 Å². The summed E-state index contributed by atoms with van der Waals surface area (Å²) in [5.41, 5.74) is 2.64. The number of allylic oxidation sites excluding steroid dienone is 1. The summed E-state index contributed by atoms with van der Waals surface area (Å²) >= 11 is 0. The molecule has 0 aromatic carbocycles. The van der Waals surface area contributed by atoms with Gasteiger partial charge in [-0.3, -0.25) is 0 Å². The molecule has 0 aliphatic heterocycles. The van der Waals surface area contributed by atoms with Gasteiger partial charge < -0.3 is 10.1 Å². The van der Waals surface area contributed by atoms with Crippen LogP contribution < -0.4 is 10.1 Å². The SMILES string of the molecule is CCCNC(C1=CCCC1)c1cccnc1OC.